The molecule has 0 aromatic heterocycles. The van der Waals surface area contributed by atoms with Crippen LogP contribution in [0.1, 0.15) is 29.3 Å². The number of benzene rings is 1. The summed E-state index contributed by atoms with van der Waals surface area (Å²) >= 11 is 0. The van der Waals surface area contributed by atoms with Gasteiger partial charge in [0, 0.05) is 50.4 Å². The quantitative estimate of drug-likeness (QED) is 0.851. The zero-order valence-corrected chi connectivity index (χ0v) is 13.8. The molecule has 0 unspecified atom stereocenters. The molecule has 128 valence electrons. The van der Waals surface area contributed by atoms with Crippen molar-refractivity contribution in [1.29, 1.82) is 0 Å². The summed E-state index contributed by atoms with van der Waals surface area (Å²) in [4.78, 5) is 39.4. The SMILES string of the molecule is CCNC(=O)N1CCN(C(=O)c2ccc3c(c2)CCC(=O)N3)CC1. The second-order valence-electron chi connectivity index (χ2n) is 6.03. The lowest BCUT2D eigenvalue weighted by Gasteiger charge is -2.34. The fourth-order valence-electron chi connectivity index (χ4n) is 3.07. The highest BCUT2D eigenvalue weighted by Gasteiger charge is 2.25. The summed E-state index contributed by atoms with van der Waals surface area (Å²) in [6, 6.07) is 5.34. The first-order chi connectivity index (χ1) is 11.6. The summed E-state index contributed by atoms with van der Waals surface area (Å²) in [6.45, 7) is 4.63. The smallest absolute Gasteiger partial charge is 0.317 e. The van der Waals surface area contributed by atoms with E-state index in [0.717, 1.165) is 11.3 Å². The summed E-state index contributed by atoms with van der Waals surface area (Å²) in [7, 11) is 0. The number of piperazine rings is 1. The van der Waals surface area contributed by atoms with Gasteiger partial charge in [0.15, 0.2) is 0 Å². The molecule has 2 heterocycles. The van der Waals surface area contributed by atoms with Crippen LogP contribution in [0.4, 0.5) is 10.5 Å². The minimum atomic E-state index is -0.0749. The molecule has 0 saturated carbocycles. The lowest BCUT2D eigenvalue weighted by molar-refractivity contribution is -0.116. The van der Waals surface area contributed by atoms with Gasteiger partial charge in [-0.25, -0.2) is 4.79 Å². The summed E-state index contributed by atoms with van der Waals surface area (Å²) in [5.41, 5.74) is 2.43. The van der Waals surface area contributed by atoms with Crippen LogP contribution in [0.3, 0.4) is 0 Å². The Kier molecular flexibility index (Phi) is 4.69. The highest BCUT2D eigenvalue weighted by Crippen LogP contribution is 2.24. The van der Waals surface area contributed by atoms with Gasteiger partial charge in [-0.05, 0) is 37.1 Å². The first-order valence-corrected chi connectivity index (χ1v) is 8.33. The van der Waals surface area contributed by atoms with Crippen LogP contribution in [-0.4, -0.2) is 60.4 Å². The maximum Gasteiger partial charge on any atom is 0.317 e. The third-order valence-electron chi connectivity index (χ3n) is 4.43. The van der Waals surface area contributed by atoms with Crippen molar-refractivity contribution >= 4 is 23.5 Å². The molecular weight excluding hydrogens is 308 g/mol. The van der Waals surface area contributed by atoms with Crippen molar-refractivity contribution in [2.45, 2.75) is 19.8 Å². The molecule has 0 radical (unpaired) electrons. The Balaban J connectivity index is 1.63. The van der Waals surface area contributed by atoms with E-state index in [0.29, 0.717) is 51.1 Å². The Labute approximate surface area is 141 Å². The molecule has 0 bridgehead atoms. The topological polar surface area (TPSA) is 81.8 Å². The molecule has 0 aliphatic carbocycles. The molecule has 2 aliphatic heterocycles. The third kappa shape index (κ3) is 3.34. The monoisotopic (exact) mass is 330 g/mol. The van der Waals surface area contributed by atoms with Crippen LogP contribution in [0.25, 0.3) is 0 Å². The van der Waals surface area contributed by atoms with Crippen LogP contribution < -0.4 is 10.6 Å². The second-order valence-corrected chi connectivity index (χ2v) is 6.03. The minimum absolute atomic E-state index is 0.0167. The number of hydrogen-bond donors (Lipinski definition) is 2. The maximum absolute atomic E-state index is 12.7. The van der Waals surface area contributed by atoms with E-state index < -0.39 is 0 Å². The first-order valence-electron chi connectivity index (χ1n) is 8.33. The molecule has 24 heavy (non-hydrogen) atoms. The van der Waals surface area contributed by atoms with E-state index in [1.54, 1.807) is 21.9 Å². The average Bonchev–Trinajstić information content (AvgIpc) is 2.61. The van der Waals surface area contributed by atoms with E-state index in [1.807, 2.05) is 13.0 Å². The van der Waals surface area contributed by atoms with Crippen molar-refractivity contribution in [3.05, 3.63) is 29.3 Å². The third-order valence-corrected chi connectivity index (χ3v) is 4.43. The number of urea groups is 1. The Morgan fingerprint density at radius 3 is 2.54 bits per heavy atom. The van der Waals surface area contributed by atoms with Crippen LogP contribution in [0.5, 0.6) is 0 Å². The lowest BCUT2D eigenvalue weighted by atomic mass is 10.00. The largest absolute Gasteiger partial charge is 0.338 e. The highest BCUT2D eigenvalue weighted by molar-refractivity contribution is 5.98. The number of anilines is 1. The van der Waals surface area contributed by atoms with Crippen LogP contribution in [0.15, 0.2) is 18.2 Å². The van der Waals surface area contributed by atoms with E-state index in [-0.39, 0.29) is 17.8 Å². The molecule has 1 aromatic rings. The molecule has 4 amide bonds. The van der Waals surface area contributed by atoms with Crippen LogP contribution in [-0.2, 0) is 11.2 Å². The molecule has 7 heteroatoms. The van der Waals surface area contributed by atoms with Gasteiger partial charge < -0.3 is 20.4 Å². The number of aryl methyl sites for hydroxylation is 1. The van der Waals surface area contributed by atoms with Gasteiger partial charge in [0.1, 0.15) is 0 Å². The Morgan fingerprint density at radius 2 is 1.83 bits per heavy atom. The van der Waals surface area contributed by atoms with Crippen molar-refractivity contribution in [3.63, 3.8) is 0 Å². The molecule has 0 atom stereocenters. The van der Waals surface area contributed by atoms with Gasteiger partial charge in [-0.15, -0.1) is 0 Å². The van der Waals surface area contributed by atoms with Crippen LogP contribution >= 0.6 is 0 Å². The summed E-state index contributed by atoms with van der Waals surface area (Å²) in [5.74, 6) is -0.00620. The number of amides is 4. The fourth-order valence-corrected chi connectivity index (χ4v) is 3.07. The number of hydrogen-bond acceptors (Lipinski definition) is 3. The fraction of sp³-hybridized carbons (Fsp3) is 0.471. The summed E-state index contributed by atoms with van der Waals surface area (Å²) < 4.78 is 0. The lowest BCUT2D eigenvalue weighted by Crippen LogP contribution is -2.53. The Hall–Kier alpha value is -2.57. The van der Waals surface area contributed by atoms with E-state index in [9.17, 15) is 14.4 Å². The molecule has 0 spiro atoms. The number of nitrogens with one attached hydrogen (secondary N) is 2. The van der Waals surface area contributed by atoms with Crippen molar-refractivity contribution in [2.75, 3.05) is 38.0 Å². The number of nitrogens with zero attached hydrogens (tertiary/aromatic N) is 2. The van der Waals surface area contributed by atoms with Gasteiger partial charge >= 0.3 is 6.03 Å². The molecular formula is C17H22N4O3. The molecule has 2 aliphatic rings. The first kappa shape index (κ1) is 16.3. The van der Waals surface area contributed by atoms with Crippen molar-refractivity contribution in [1.82, 2.24) is 15.1 Å². The van der Waals surface area contributed by atoms with E-state index >= 15 is 0 Å². The number of carbonyl (C=O) groups is 3. The van der Waals surface area contributed by atoms with Gasteiger partial charge in [-0.1, -0.05) is 0 Å². The summed E-state index contributed by atoms with van der Waals surface area (Å²) in [6.07, 6.45) is 1.11. The highest BCUT2D eigenvalue weighted by atomic mass is 16.2. The molecule has 1 fully saturated rings. The molecule has 1 saturated heterocycles. The molecule has 3 rings (SSSR count). The normalized spacial score (nSPS) is 17.1. The Bertz CT molecular complexity index is 666. The van der Waals surface area contributed by atoms with Gasteiger partial charge in [-0.3, -0.25) is 9.59 Å². The molecule has 1 aromatic carbocycles. The number of carbonyl (C=O) groups excluding carboxylic acids is 3. The van der Waals surface area contributed by atoms with Crippen molar-refractivity contribution < 1.29 is 14.4 Å². The Morgan fingerprint density at radius 1 is 1.12 bits per heavy atom. The zero-order chi connectivity index (χ0) is 17.1. The van der Waals surface area contributed by atoms with Gasteiger partial charge in [0.05, 0.1) is 0 Å². The van der Waals surface area contributed by atoms with Crippen LogP contribution in [0.2, 0.25) is 0 Å². The standard InChI is InChI=1S/C17H22N4O3/c1-2-18-17(24)21-9-7-20(8-10-21)16(23)13-3-5-14-12(11-13)4-6-15(22)19-14/h3,5,11H,2,4,6-10H2,1H3,(H,18,24)(H,19,22). The van der Waals surface area contributed by atoms with Gasteiger partial charge in [-0.2, -0.15) is 0 Å². The van der Waals surface area contributed by atoms with Gasteiger partial charge in [0.25, 0.3) is 5.91 Å². The minimum Gasteiger partial charge on any atom is -0.338 e. The molecule has 2 N–H and O–H groups in total. The summed E-state index contributed by atoms with van der Waals surface area (Å²) in [5, 5.41) is 5.60. The van der Waals surface area contributed by atoms with E-state index in [2.05, 4.69) is 10.6 Å². The number of rotatable bonds is 2. The van der Waals surface area contributed by atoms with E-state index in [4.69, 9.17) is 0 Å². The maximum atomic E-state index is 12.7. The van der Waals surface area contributed by atoms with Gasteiger partial charge in [0.2, 0.25) is 5.91 Å². The van der Waals surface area contributed by atoms with Crippen molar-refractivity contribution in [3.8, 4) is 0 Å². The number of fused-ring (bicyclic) bond motifs is 1. The van der Waals surface area contributed by atoms with Crippen LogP contribution in [0, 0.1) is 0 Å². The second kappa shape index (κ2) is 6.90. The predicted octanol–water partition coefficient (Wildman–Crippen LogP) is 1.06. The molecule has 7 nitrogen and oxygen atoms in total. The predicted molar refractivity (Wildman–Crippen MR) is 89.9 cm³/mol. The van der Waals surface area contributed by atoms with E-state index in [1.165, 1.54) is 0 Å². The average molecular weight is 330 g/mol. The zero-order valence-electron chi connectivity index (χ0n) is 13.8. The van der Waals surface area contributed by atoms with Crippen molar-refractivity contribution in [2.24, 2.45) is 0 Å².